The van der Waals surface area contributed by atoms with Crippen molar-refractivity contribution >= 4 is 29.6 Å². The predicted molar refractivity (Wildman–Crippen MR) is 96.2 cm³/mol. The minimum atomic E-state index is -0.631. The van der Waals surface area contributed by atoms with E-state index in [1.807, 2.05) is 25.1 Å². The predicted octanol–water partition coefficient (Wildman–Crippen LogP) is 2.33. The summed E-state index contributed by atoms with van der Waals surface area (Å²) in [5, 5.41) is 2.26. The van der Waals surface area contributed by atoms with Crippen LogP contribution in [-0.2, 0) is 16.0 Å². The molecule has 1 fully saturated rings. The van der Waals surface area contributed by atoms with Crippen LogP contribution in [0.2, 0.25) is 0 Å². The number of urea groups is 1. The lowest BCUT2D eigenvalue weighted by molar-refractivity contribution is -0.130. The number of fused-ring (bicyclic) bond motifs is 1. The zero-order valence-electron chi connectivity index (χ0n) is 14.7. The van der Waals surface area contributed by atoms with Gasteiger partial charge in [-0.2, -0.15) is 0 Å². The van der Waals surface area contributed by atoms with Crippen LogP contribution in [-0.4, -0.2) is 42.4 Å². The molecule has 1 aromatic carbocycles. The number of amides is 4. The van der Waals surface area contributed by atoms with Crippen molar-refractivity contribution in [2.45, 2.75) is 33.1 Å². The van der Waals surface area contributed by atoms with Crippen LogP contribution in [0.1, 0.15) is 37.8 Å². The number of nitrogens with one attached hydrogen (secondary N) is 1. The van der Waals surface area contributed by atoms with E-state index in [1.54, 1.807) is 6.08 Å². The van der Waals surface area contributed by atoms with Crippen LogP contribution in [0.4, 0.5) is 10.5 Å². The lowest BCUT2D eigenvalue weighted by Gasteiger charge is -2.26. The van der Waals surface area contributed by atoms with Crippen molar-refractivity contribution in [1.29, 1.82) is 0 Å². The van der Waals surface area contributed by atoms with E-state index in [9.17, 15) is 14.4 Å². The van der Waals surface area contributed by atoms with E-state index < -0.39 is 17.8 Å². The Morgan fingerprint density at radius 2 is 2.00 bits per heavy atom. The van der Waals surface area contributed by atoms with E-state index in [0.29, 0.717) is 13.0 Å². The van der Waals surface area contributed by atoms with E-state index in [0.717, 1.165) is 36.4 Å². The second-order valence-electron chi connectivity index (χ2n) is 6.35. The highest BCUT2D eigenvalue weighted by molar-refractivity contribution is 6.31. The van der Waals surface area contributed by atoms with Gasteiger partial charge in [-0.3, -0.25) is 19.8 Å². The molecule has 2 aliphatic heterocycles. The summed E-state index contributed by atoms with van der Waals surface area (Å²) >= 11 is 0. The smallest absolute Gasteiger partial charge is 0.331 e. The molecule has 0 atom stereocenters. The lowest BCUT2D eigenvalue weighted by Crippen LogP contribution is -2.54. The van der Waals surface area contributed by atoms with Crippen LogP contribution in [0.3, 0.4) is 0 Å². The fourth-order valence-electron chi connectivity index (χ4n) is 3.29. The Kier molecular flexibility index (Phi) is 4.88. The topological polar surface area (TPSA) is 69.7 Å². The maximum Gasteiger partial charge on any atom is 0.331 e. The molecular weight excluding hydrogens is 318 g/mol. The van der Waals surface area contributed by atoms with Gasteiger partial charge in [-0.25, -0.2) is 4.79 Å². The molecule has 132 valence electrons. The van der Waals surface area contributed by atoms with Crippen molar-refractivity contribution < 1.29 is 14.4 Å². The van der Waals surface area contributed by atoms with Crippen molar-refractivity contribution in [1.82, 2.24) is 10.2 Å². The van der Waals surface area contributed by atoms with Crippen LogP contribution in [0.25, 0.3) is 6.08 Å². The molecule has 1 aromatic rings. The molecule has 0 spiro atoms. The Labute approximate surface area is 147 Å². The molecule has 6 heteroatoms. The van der Waals surface area contributed by atoms with Crippen molar-refractivity contribution in [3.63, 3.8) is 0 Å². The number of unbranched alkanes of at least 4 members (excludes halogenated alkanes) is 1. The van der Waals surface area contributed by atoms with Crippen molar-refractivity contribution in [3.05, 3.63) is 34.9 Å². The molecule has 1 saturated heterocycles. The maximum absolute atomic E-state index is 12.6. The molecule has 0 radical (unpaired) electrons. The second-order valence-corrected chi connectivity index (χ2v) is 6.35. The minimum absolute atomic E-state index is 0.0148. The number of rotatable bonds is 5. The number of carbonyl (C=O) groups is 3. The lowest BCUT2D eigenvalue weighted by atomic mass is 10.0. The normalized spacial score (nSPS) is 18.8. The molecule has 0 saturated carbocycles. The maximum atomic E-state index is 12.6. The molecular formula is C19H23N3O3. The average Bonchev–Trinajstić information content (AvgIpc) is 3.00. The quantitative estimate of drug-likeness (QED) is 0.659. The van der Waals surface area contributed by atoms with E-state index >= 15 is 0 Å². The molecule has 2 aliphatic rings. The highest BCUT2D eigenvalue weighted by Gasteiger charge is 2.35. The van der Waals surface area contributed by atoms with Gasteiger partial charge >= 0.3 is 6.03 Å². The summed E-state index contributed by atoms with van der Waals surface area (Å²) in [7, 11) is 0. The summed E-state index contributed by atoms with van der Waals surface area (Å²) < 4.78 is 0. The number of nitrogens with zero attached hydrogens (tertiary/aromatic N) is 2. The number of hydrogen-bond acceptors (Lipinski definition) is 4. The van der Waals surface area contributed by atoms with Crippen molar-refractivity contribution in [3.8, 4) is 0 Å². The van der Waals surface area contributed by atoms with Crippen molar-refractivity contribution in [2.24, 2.45) is 0 Å². The molecule has 1 N–H and O–H groups in total. The van der Waals surface area contributed by atoms with Gasteiger partial charge in [0.15, 0.2) is 0 Å². The Bertz CT molecular complexity index is 754. The van der Waals surface area contributed by atoms with Gasteiger partial charge in [0, 0.05) is 25.3 Å². The fraction of sp³-hybridized carbons (Fsp3) is 0.421. The fourth-order valence-corrected chi connectivity index (χ4v) is 3.29. The SMILES string of the molecule is CCCCN1C(=O)NC(=O)/C(=C/c2ccc3c(c2)CCN3CC)C1=O. The first-order valence-corrected chi connectivity index (χ1v) is 8.82. The average molecular weight is 341 g/mol. The summed E-state index contributed by atoms with van der Waals surface area (Å²) in [6.45, 7) is 6.38. The zero-order valence-corrected chi connectivity index (χ0v) is 14.7. The first-order valence-electron chi connectivity index (χ1n) is 8.82. The van der Waals surface area contributed by atoms with Gasteiger partial charge in [0.05, 0.1) is 0 Å². The first-order chi connectivity index (χ1) is 12.0. The van der Waals surface area contributed by atoms with Gasteiger partial charge in [0.1, 0.15) is 5.57 Å². The monoisotopic (exact) mass is 341 g/mol. The molecule has 0 aliphatic carbocycles. The van der Waals surface area contributed by atoms with Gasteiger partial charge in [0.25, 0.3) is 11.8 Å². The Morgan fingerprint density at radius 3 is 2.72 bits per heavy atom. The highest BCUT2D eigenvalue weighted by Crippen LogP contribution is 2.29. The first kappa shape index (κ1) is 17.2. The third-order valence-electron chi connectivity index (χ3n) is 4.71. The van der Waals surface area contributed by atoms with Gasteiger partial charge in [0.2, 0.25) is 0 Å². The summed E-state index contributed by atoms with van der Waals surface area (Å²) in [5.41, 5.74) is 3.25. The highest BCUT2D eigenvalue weighted by atomic mass is 16.2. The largest absolute Gasteiger partial charge is 0.371 e. The van der Waals surface area contributed by atoms with Gasteiger partial charge in [-0.1, -0.05) is 19.4 Å². The molecule has 2 heterocycles. The Balaban J connectivity index is 1.88. The molecule has 4 amide bonds. The third kappa shape index (κ3) is 3.29. The third-order valence-corrected chi connectivity index (χ3v) is 4.71. The van der Waals surface area contributed by atoms with E-state index in [1.165, 1.54) is 11.3 Å². The standard InChI is InChI=1S/C19H23N3O3/c1-3-5-9-22-18(24)15(17(23)20-19(22)25)12-13-6-7-16-14(11-13)8-10-21(16)4-2/h6-7,11-12H,3-5,8-10H2,1-2H3,(H,20,23,25)/b15-12-. The number of barbiturate groups is 1. The molecule has 25 heavy (non-hydrogen) atoms. The Hall–Kier alpha value is -2.63. The number of imide groups is 2. The van der Waals surface area contributed by atoms with Gasteiger partial charge < -0.3 is 4.90 Å². The zero-order chi connectivity index (χ0) is 18.0. The molecule has 0 aromatic heterocycles. The molecule has 6 nitrogen and oxygen atoms in total. The number of benzene rings is 1. The molecule has 3 rings (SSSR count). The van der Waals surface area contributed by atoms with Crippen molar-refractivity contribution in [2.75, 3.05) is 24.5 Å². The van der Waals surface area contributed by atoms with Gasteiger partial charge in [-0.05, 0) is 49.1 Å². The number of carbonyl (C=O) groups excluding carboxylic acids is 3. The number of hydrogen-bond donors (Lipinski definition) is 1. The van der Waals surface area contributed by atoms with Crippen LogP contribution < -0.4 is 10.2 Å². The number of anilines is 1. The summed E-state index contributed by atoms with van der Waals surface area (Å²) in [6.07, 6.45) is 4.12. The van der Waals surface area contributed by atoms with E-state index in [2.05, 4.69) is 17.1 Å². The number of likely N-dealkylation sites (N-methyl/N-ethyl adjacent to an activating group) is 1. The summed E-state index contributed by atoms with van der Waals surface area (Å²) in [4.78, 5) is 40.0. The van der Waals surface area contributed by atoms with Crippen LogP contribution in [0, 0.1) is 0 Å². The van der Waals surface area contributed by atoms with Crippen LogP contribution >= 0.6 is 0 Å². The van der Waals surface area contributed by atoms with E-state index in [4.69, 9.17) is 0 Å². The summed E-state index contributed by atoms with van der Waals surface area (Å²) in [5.74, 6) is -1.14. The minimum Gasteiger partial charge on any atom is -0.371 e. The Morgan fingerprint density at radius 1 is 1.20 bits per heavy atom. The van der Waals surface area contributed by atoms with Crippen LogP contribution in [0.15, 0.2) is 23.8 Å². The molecule has 0 bridgehead atoms. The van der Waals surface area contributed by atoms with E-state index in [-0.39, 0.29) is 5.57 Å². The molecule has 0 unspecified atom stereocenters. The van der Waals surface area contributed by atoms with Gasteiger partial charge in [-0.15, -0.1) is 0 Å². The second kappa shape index (κ2) is 7.09. The van der Waals surface area contributed by atoms with Crippen LogP contribution in [0.5, 0.6) is 0 Å². The summed E-state index contributed by atoms with van der Waals surface area (Å²) in [6, 6.07) is 5.33.